The van der Waals surface area contributed by atoms with Gasteiger partial charge >= 0.3 is 12.4 Å². The van der Waals surface area contributed by atoms with Crippen LogP contribution in [0.4, 0.5) is 26.3 Å². The van der Waals surface area contributed by atoms with Crippen molar-refractivity contribution in [2.75, 3.05) is 59.5 Å². The quantitative estimate of drug-likeness (QED) is 0.259. The van der Waals surface area contributed by atoms with Crippen LogP contribution in [0.25, 0.3) is 6.08 Å². The zero-order valence-corrected chi connectivity index (χ0v) is 24.8. The summed E-state index contributed by atoms with van der Waals surface area (Å²) in [7, 11) is 1.35. The molecule has 1 amide bonds. The molecule has 3 aliphatic heterocycles. The topological polar surface area (TPSA) is 57.6 Å². The van der Waals surface area contributed by atoms with E-state index < -0.39 is 35.6 Å². The van der Waals surface area contributed by atoms with Crippen LogP contribution in [0.15, 0.2) is 46.3 Å². The number of aliphatic imine (C=N–C) groups is 1. The lowest BCUT2D eigenvalue weighted by Gasteiger charge is -2.36. The molecule has 0 unspecified atom stereocenters. The molecule has 5 rings (SSSR count). The number of methoxy groups -OCH3 is 1. The maximum absolute atomic E-state index is 13.5. The number of hydrogen-bond donors (Lipinski definition) is 0. The first-order valence-corrected chi connectivity index (χ1v) is 15.0. The summed E-state index contributed by atoms with van der Waals surface area (Å²) >= 11 is 1.29. The minimum absolute atomic E-state index is 0.0767. The third-order valence-electron chi connectivity index (χ3n) is 7.79. The van der Waals surface area contributed by atoms with Gasteiger partial charge in [0.1, 0.15) is 6.61 Å². The summed E-state index contributed by atoms with van der Waals surface area (Å²) in [4.78, 5) is 24.4. The van der Waals surface area contributed by atoms with E-state index in [1.54, 1.807) is 18.2 Å². The van der Waals surface area contributed by atoms with Crippen LogP contribution in [0.5, 0.6) is 11.5 Å². The maximum Gasteiger partial charge on any atom is 0.416 e. The fourth-order valence-corrected chi connectivity index (χ4v) is 6.29. The lowest BCUT2D eigenvalue weighted by atomic mass is 10.0. The van der Waals surface area contributed by atoms with Crippen molar-refractivity contribution in [3.8, 4) is 11.5 Å². The Hall–Kier alpha value is -3.23. The highest BCUT2D eigenvalue weighted by molar-refractivity contribution is 8.18. The minimum atomic E-state index is -5.01. The molecule has 0 spiro atoms. The van der Waals surface area contributed by atoms with Gasteiger partial charge in [0.25, 0.3) is 5.91 Å². The van der Waals surface area contributed by atoms with E-state index in [1.807, 2.05) is 0 Å². The zero-order chi connectivity index (χ0) is 31.5. The molecule has 3 heterocycles. The number of hydrogen-bond acceptors (Lipinski definition) is 7. The normalized spacial score (nSPS) is 19.6. The van der Waals surface area contributed by atoms with Crippen LogP contribution in [0, 0.1) is 0 Å². The van der Waals surface area contributed by atoms with Gasteiger partial charge < -0.3 is 19.3 Å². The van der Waals surface area contributed by atoms with E-state index in [1.165, 1.54) is 50.9 Å². The third kappa shape index (κ3) is 7.88. The molecule has 0 saturated carbocycles. The van der Waals surface area contributed by atoms with Crippen molar-refractivity contribution in [2.24, 2.45) is 4.99 Å². The number of amides is 1. The van der Waals surface area contributed by atoms with E-state index in [0.717, 1.165) is 45.3 Å². The second-order valence-corrected chi connectivity index (χ2v) is 11.8. The Kier molecular flexibility index (Phi) is 9.80. The number of benzene rings is 2. The van der Waals surface area contributed by atoms with Gasteiger partial charge in [-0.25, -0.2) is 0 Å². The molecule has 44 heavy (non-hydrogen) atoms. The van der Waals surface area contributed by atoms with Gasteiger partial charge in [-0.2, -0.15) is 31.3 Å². The molecule has 0 aliphatic carbocycles. The van der Waals surface area contributed by atoms with Crippen LogP contribution in [0.3, 0.4) is 0 Å². The van der Waals surface area contributed by atoms with Crippen LogP contribution in [0.1, 0.15) is 35.1 Å². The van der Waals surface area contributed by atoms with Crippen molar-refractivity contribution in [1.82, 2.24) is 14.7 Å². The van der Waals surface area contributed by atoms with E-state index in [-0.39, 0.29) is 23.5 Å². The van der Waals surface area contributed by atoms with E-state index in [9.17, 15) is 31.1 Å². The summed E-state index contributed by atoms with van der Waals surface area (Å²) < 4.78 is 90.4. The van der Waals surface area contributed by atoms with E-state index in [4.69, 9.17) is 9.47 Å². The second-order valence-electron chi connectivity index (χ2n) is 10.8. The van der Waals surface area contributed by atoms with E-state index >= 15 is 0 Å². The summed E-state index contributed by atoms with van der Waals surface area (Å²) in [5.74, 6) is -0.0863. The predicted molar refractivity (Wildman–Crippen MR) is 155 cm³/mol. The van der Waals surface area contributed by atoms with Gasteiger partial charge in [-0.15, -0.1) is 0 Å². The molecule has 2 aromatic rings. The van der Waals surface area contributed by atoms with Gasteiger partial charge in [-0.05, 0) is 73.6 Å². The highest BCUT2D eigenvalue weighted by atomic mass is 32.2. The number of rotatable bonds is 8. The molecule has 2 fully saturated rings. The highest BCUT2D eigenvalue weighted by Crippen LogP contribution is 2.39. The molecular formula is C30H32F6N4O3S. The molecule has 7 nitrogen and oxygen atoms in total. The van der Waals surface area contributed by atoms with Gasteiger partial charge in [0, 0.05) is 44.8 Å². The van der Waals surface area contributed by atoms with E-state index in [2.05, 4.69) is 19.7 Å². The van der Waals surface area contributed by atoms with Gasteiger partial charge in [-0.1, -0.05) is 12.1 Å². The molecular weight excluding hydrogens is 610 g/mol. The number of nitrogens with zero attached hydrogens (tertiary/aromatic N) is 4. The largest absolute Gasteiger partial charge is 0.493 e. The molecule has 238 valence electrons. The smallest absolute Gasteiger partial charge is 0.416 e. The Bertz CT molecular complexity index is 1410. The fourth-order valence-electron chi connectivity index (χ4n) is 5.33. The number of alkyl halides is 6. The number of carbonyl (C=O) groups is 1. The third-order valence-corrected chi connectivity index (χ3v) is 8.84. The monoisotopic (exact) mass is 642 g/mol. The Morgan fingerprint density at radius 2 is 1.55 bits per heavy atom. The van der Waals surface area contributed by atoms with Crippen LogP contribution in [-0.4, -0.2) is 85.2 Å². The fraction of sp³-hybridized carbons (Fsp3) is 0.467. The van der Waals surface area contributed by atoms with Gasteiger partial charge in [0.2, 0.25) is 0 Å². The van der Waals surface area contributed by atoms with Crippen molar-refractivity contribution >= 4 is 28.9 Å². The zero-order valence-electron chi connectivity index (χ0n) is 24.0. The number of carbonyl (C=O) groups excluding carboxylic acids is 1. The standard InChI is InChI=1S/C30H32F6N4O3S/c1-42-25-16-20(4-7-24(25)43-19-21-5-6-22(29(31,32)33)18-23(21)30(34,35)36)17-26-27(41)37-28(44-26)40-14-12-39(13-15-40)11-10-38-8-2-3-9-38/h4-7,16-18H,2-3,8-15,19H2,1H3/b26-17-. The summed E-state index contributed by atoms with van der Waals surface area (Å²) in [5.41, 5.74) is -2.70. The van der Waals surface area contributed by atoms with Crippen molar-refractivity contribution in [3.63, 3.8) is 0 Å². The first-order chi connectivity index (χ1) is 20.9. The Balaban J connectivity index is 1.20. The summed E-state index contributed by atoms with van der Waals surface area (Å²) in [6.45, 7) is 7.19. The van der Waals surface area contributed by atoms with Crippen LogP contribution in [0.2, 0.25) is 0 Å². The Morgan fingerprint density at radius 3 is 2.18 bits per heavy atom. The Morgan fingerprint density at radius 1 is 0.864 bits per heavy atom. The molecule has 2 saturated heterocycles. The highest BCUT2D eigenvalue weighted by Gasteiger charge is 2.38. The van der Waals surface area contributed by atoms with Crippen molar-refractivity contribution in [3.05, 3.63) is 63.6 Å². The lowest BCUT2D eigenvalue weighted by Crippen LogP contribution is -2.49. The number of halogens is 6. The summed E-state index contributed by atoms with van der Waals surface area (Å²) in [6.07, 6.45) is -5.72. The van der Waals surface area contributed by atoms with Crippen LogP contribution in [-0.2, 0) is 23.8 Å². The molecule has 0 radical (unpaired) electrons. The first kappa shape index (κ1) is 32.2. The lowest BCUT2D eigenvalue weighted by molar-refractivity contribution is -0.143. The minimum Gasteiger partial charge on any atom is -0.493 e. The maximum atomic E-state index is 13.5. The van der Waals surface area contributed by atoms with Gasteiger partial charge in [-0.3, -0.25) is 9.69 Å². The Labute approximate surface area is 255 Å². The molecule has 0 atom stereocenters. The number of piperazine rings is 1. The summed E-state index contributed by atoms with van der Waals surface area (Å²) in [6, 6.07) is 6.05. The molecule has 0 N–H and O–H groups in total. The average molecular weight is 643 g/mol. The SMILES string of the molecule is COc1cc(/C=C2\SC(N3CCN(CCN4CCCC4)CC3)=NC2=O)ccc1OCc1ccc(C(F)(F)F)cc1C(F)(F)F. The van der Waals surface area contributed by atoms with Crippen LogP contribution < -0.4 is 9.47 Å². The van der Waals surface area contributed by atoms with Crippen molar-refractivity contribution in [1.29, 1.82) is 0 Å². The molecule has 3 aliphatic rings. The number of likely N-dealkylation sites (tertiary alicyclic amines) is 1. The number of ether oxygens (including phenoxy) is 2. The van der Waals surface area contributed by atoms with E-state index in [0.29, 0.717) is 21.7 Å². The molecule has 0 bridgehead atoms. The van der Waals surface area contributed by atoms with Crippen molar-refractivity contribution < 1.29 is 40.6 Å². The van der Waals surface area contributed by atoms with Gasteiger partial charge in [0.15, 0.2) is 16.7 Å². The average Bonchev–Trinajstić information content (AvgIpc) is 3.64. The first-order valence-electron chi connectivity index (χ1n) is 14.2. The molecule has 0 aromatic heterocycles. The molecule has 2 aromatic carbocycles. The number of thioether (sulfide) groups is 1. The second kappa shape index (κ2) is 13.4. The van der Waals surface area contributed by atoms with Crippen molar-refractivity contribution in [2.45, 2.75) is 31.8 Å². The number of amidine groups is 1. The van der Waals surface area contributed by atoms with Gasteiger partial charge in [0.05, 0.1) is 23.1 Å². The predicted octanol–water partition coefficient (Wildman–Crippen LogP) is 6.00. The summed E-state index contributed by atoms with van der Waals surface area (Å²) in [5, 5.41) is 0.657. The van der Waals surface area contributed by atoms with Crippen LogP contribution >= 0.6 is 11.8 Å². The molecule has 14 heteroatoms.